The van der Waals surface area contributed by atoms with Gasteiger partial charge in [-0.2, -0.15) is 0 Å². The Bertz CT molecular complexity index is 1230. The van der Waals surface area contributed by atoms with Crippen molar-refractivity contribution in [3.8, 4) is 0 Å². The lowest BCUT2D eigenvalue weighted by atomic mass is 9.82. The summed E-state index contributed by atoms with van der Waals surface area (Å²) in [5, 5.41) is 0. The molecule has 148 valence electrons. The predicted molar refractivity (Wildman–Crippen MR) is 108 cm³/mol. The molecule has 0 radical (unpaired) electrons. The van der Waals surface area contributed by atoms with Gasteiger partial charge in [0.1, 0.15) is 6.61 Å². The fourth-order valence-corrected chi connectivity index (χ4v) is 3.38. The van der Waals surface area contributed by atoms with Crippen LogP contribution in [0.2, 0.25) is 0 Å². The maximum atomic E-state index is 12.9. The first kappa shape index (κ1) is 19.1. The van der Waals surface area contributed by atoms with E-state index in [2.05, 4.69) is 0 Å². The van der Waals surface area contributed by atoms with Gasteiger partial charge in [-0.15, -0.1) is 0 Å². The Morgan fingerprint density at radius 3 is 2.07 bits per heavy atom. The van der Waals surface area contributed by atoms with Crippen molar-refractivity contribution in [1.82, 2.24) is 0 Å². The molecule has 4 rings (SSSR count). The second-order valence-corrected chi connectivity index (χ2v) is 6.79. The van der Waals surface area contributed by atoms with Gasteiger partial charge in [0.2, 0.25) is 5.91 Å². The second-order valence-electron chi connectivity index (χ2n) is 6.79. The summed E-state index contributed by atoms with van der Waals surface area (Å²) in [6.07, 6.45) is 0. The summed E-state index contributed by atoms with van der Waals surface area (Å²) in [7, 11) is 0. The lowest BCUT2D eigenvalue weighted by Gasteiger charge is -2.20. The minimum Gasteiger partial charge on any atom is -0.457 e. The minimum atomic E-state index is -0.728. The van der Waals surface area contributed by atoms with Gasteiger partial charge in [-0.1, -0.05) is 36.4 Å². The van der Waals surface area contributed by atoms with Crippen LogP contribution in [-0.2, 0) is 11.3 Å². The van der Waals surface area contributed by atoms with Crippen molar-refractivity contribution >= 4 is 29.1 Å². The van der Waals surface area contributed by atoms with Crippen LogP contribution in [0.1, 0.15) is 58.1 Å². The molecule has 1 amide bonds. The van der Waals surface area contributed by atoms with E-state index >= 15 is 0 Å². The molecule has 0 saturated heterocycles. The molecule has 7 heteroatoms. The van der Waals surface area contributed by atoms with Gasteiger partial charge in [0.05, 0.1) is 16.8 Å². The molecule has 3 aromatic rings. The maximum Gasteiger partial charge on any atom is 0.340 e. The standard InChI is InChI=1S/C23H16N2O5/c24-19-17(23(29)30-11-12-5-7-13(8-6-12)22(25)28)10-9-16-18(19)21(27)15-4-2-1-3-14(15)20(16)26/h1-10H,11,24H2,(H2,25,28). The topological polar surface area (TPSA) is 130 Å². The number of ketones is 2. The van der Waals surface area contributed by atoms with Crippen molar-refractivity contribution in [2.45, 2.75) is 6.61 Å². The van der Waals surface area contributed by atoms with Gasteiger partial charge in [0.15, 0.2) is 11.6 Å². The van der Waals surface area contributed by atoms with Crippen molar-refractivity contribution in [3.63, 3.8) is 0 Å². The summed E-state index contributed by atoms with van der Waals surface area (Å²) in [5.41, 5.74) is 12.9. The van der Waals surface area contributed by atoms with Gasteiger partial charge < -0.3 is 16.2 Å². The molecule has 0 bridgehead atoms. The average molecular weight is 400 g/mol. The highest BCUT2D eigenvalue weighted by atomic mass is 16.5. The van der Waals surface area contributed by atoms with Crippen LogP contribution in [0.15, 0.2) is 60.7 Å². The summed E-state index contributed by atoms with van der Waals surface area (Å²) < 4.78 is 5.29. The van der Waals surface area contributed by atoms with E-state index in [1.54, 1.807) is 36.4 Å². The third-order valence-corrected chi connectivity index (χ3v) is 4.96. The summed E-state index contributed by atoms with van der Waals surface area (Å²) in [5.74, 6) is -2.01. The van der Waals surface area contributed by atoms with Crippen LogP contribution in [0, 0.1) is 0 Å². The van der Waals surface area contributed by atoms with E-state index in [0.29, 0.717) is 16.7 Å². The zero-order valence-corrected chi connectivity index (χ0v) is 15.7. The molecule has 0 aromatic heterocycles. The van der Waals surface area contributed by atoms with E-state index in [9.17, 15) is 19.2 Å². The molecular formula is C23H16N2O5. The van der Waals surface area contributed by atoms with Crippen molar-refractivity contribution in [2.75, 3.05) is 5.73 Å². The molecular weight excluding hydrogens is 384 g/mol. The smallest absolute Gasteiger partial charge is 0.340 e. The fraction of sp³-hybridized carbons (Fsp3) is 0.0435. The van der Waals surface area contributed by atoms with E-state index in [1.807, 2.05) is 0 Å². The van der Waals surface area contributed by atoms with Crippen LogP contribution < -0.4 is 11.5 Å². The van der Waals surface area contributed by atoms with Gasteiger partial charge >= 0.3 is 5.97 Å². The normalized spacial score (nSPS) is 12.1. The molecule has 30 heavy (non-hydrogen) atoms. The number of amides is 1. The average Bonchev–Trinajstić information content (AvgIpc) is 2.76. The summed E-state index contributed by atoms with van der Waals surface area (Å²) >= 11 is 0. The molecule has 0 fully saturated rings. The SMILES string of the molecule is NC(=O)c1ccc(COC(=O)c2ccc3c(c2N)C(=O)c2ccccc2C3=O)cc1. The first-order valence-electron chi connectivity index (χ1n) is 9.05. The van der Waals surface area contributed by atoms with Crippen LogP contribution in [0.25, 0.3) is 0 Å². The Morgan fingerprint density at radius 1 is 0.800 bits per heavy atom. The lowest BCUT2D eigenvalue weighted by molar-refractivity contribution is 0.0473. The number of nitrogen functional groups attached to an aromatic ring is 1. The number of carbonyl (C=O) groups excluding carboxylic acids is 4. The highest BCUT2D eigenvalue weighted by Crippen LogP contribution is 2.33. The highest BCUT2D eigenvalue weighted by Gasteiger charge is 2.33. The zero-order chi connectivity index (χ0) is 21.4. The third-order valence-electron chi connectivity index (χ3n) is 4.96. The molecule has 0 spiro atoms. The molecule has 4 N–H and O–H groups in total. The number of carbonyl (C=O) groups is 4. The Hall–Kier alpha value is -4.26. The van der Waals surface area contributed by atoms with Crippen molar-refractivity contribution in [3.05, 3.63) is 99.6 Å². The molecule has 0 saturated carbocycles. The molecule has 0 atom stereocenters. The zero-order valence-electron chi connectivity index (χ0n) is 15.7. The van der Waals surface area contributed by atoms with Gasteiger partial charge in [0.25, 0.3) is 0 Å². The first-order valence-corrected chi connectivity index (χ1v) is 9.05. The summed E-state index contributed by atoms with van der Waals surface area (Å²) in [6.45, 7) is -0.0654. The monoisotopic (exact) mass is 400 g/mol. The molecule has 1 aliphatic rings. The number of ether oxygens (including phenoxy) is 1. The van der Waals surface area contributed by atoms with Gasteiger partial charge in [-0.3, -0.25) is 14.4 Å². The van der Waals surface area contributed by atoms with E-state index in [1.165, 1.54) is 24.3 Å². The first-order chi connectivity index (χ1) is 14.4. The Labute approximate surface area is 171 Å². The van der Waals surface area contributed by atoms with Crippen LogP contribution >= 0.6 is 0 Å². The van der Waals surface area contributed by atoms with Crippen LogP contribution in [-0.4, -0.2) is 23.4 Å². The maximum absolute atomic E-state index is 12.9. The Kier molecular flexibility index (Phi) is 4.63. The molecule has 0 heterocycles. The largest absolute Gasteiger partial charge is 0.457 e. The van der Waals surface area contributed by atoms with Crippen LogP contribution in [0.5, 0.6) is 0 Å². The second kappa shape index (κ2) is 7.29. The fourth-order valence-electron chi connectivity index (χ4n) is 3.38. The van der Waals surface area contributed by atoms with Gasteiger partial charge in [-0.05, 0) is 29.8 Å². The molecule has 1 aliphatic carbocycles. The van der Waals surface area contributed by atoms with Crippen LogP contribution in [0.3, 0.4) is 0 Å². The number of hydrogen-bond donors (Lipinski definition) is 2. The number of hydrogen-bond acceptors (Lipinski definition) is 6. The number of esters is 1. The number of rotatable bonds is 4. The number of anilines is 1. The summed E-state index contributed by atoms with van der Waals surface area (Å²) in [6, 6.07) is 15.6. The van der Waals surface area contributed by atoms with E-state index in [-0.39, 0.29) is 40.3 Å². The summed E-state index contributed by atoms with van der Waals surface area (Å²) in [4.78, 5) is 49.3. The van der Waals surface area contributed by atoms with E-state index < -0.39 is 17.7 Å². The van der Waals surface area contributed by atoms with Crippen molar-refractivity contribution in [2.24, 2.45) is 5.73 Å². The molecule has 3 aromatic carbocycles. The quantitative estimate of drug-likeness (QED) is 0.400. The minimum absolute atomic E-state index is 0.00281. The predicted octanol–water partition coefficient (Wildman–Crippen LogP) is 2.50. The number of nitrogens with two attached hydrogens (primary N) is 2. The lowest BCUT2D eigenvalue weighted by Crippen LogP contribution is -2.24. The van der Waals surface area contributed by atoms with Crippen molar-refractivity contribution < 1.29 is 23.9 Å². The Balaban J connectivity index is 1.60. The molecule has 7 nitrogen and oxygen atoms in total. The van der Waals surface area contributed by atoms with Gasteiger partial charge in [-0.25, -0.2) is 4.79 Å². The molecule has 0 unspecified atom stereocenters. The Morgan fingerprint density at radius 2 is 1.43 bits per heavy atom. The number of primary amides is 1. The van der Waals surface area contributed by atoms with Crippen molar-refractivity contribution in [1.29, 1.82) is 0 Å². The van der Waals surface area contributed by atoms with E-state index in [4.69, 9.17) is 16.2 Å². The van der Waals surface area contributed by atoms with E-state index in [0.717, 1.165) is 0 Å². The van der Waals surface area contributed by atoms with Gasteiger partial charge in [0, 0.05) is 22.3 Å². The number of fused-ring (bicyclic) bond motifs is 2. The number of benzene rings is 3. The third kappa shape index (κ3) is 3.12. The highest BCUT2D eigenvalue weighted by molar-refractivity contribution is 6.30. The van der Waals surface area contributed by atoms with Crippen LogP contribution in [0.4, 0.5) is 5.69 Å². The molecule has 0 aliphatic heterocycles.